The maximum Gasteiger partial charge on any atom is 0.433 e. The summed E-state index contributed by atoms with van der Waals surface area (Å²) < 4.78 is 48.5. The molecule has 0 aliphatic carbocycles. The van der Waals surface area contributed by atoms with Crippen molar-refractivity contribution in [1.82, 2.24) is 9.78 Å². The van der Waals surface area contributed by atoms with Crippen molar-refractivity contribution in [1.29, 1.82) is 0 Å². The van der Waals surface area contributed by atoms with Gasteiger partial charge in [0.1, 0.15) is 5.69 Å². The Morgan fingerprint density at radius 1 is 1.15 bits per heavy atom. The van der Waals surface area contributed by atoms with Gasteiger partial charge >= 0.3 is 6.18 Å². The number of rotatable bonds is 5. The molecule has 27 heavy (non-hydrogen) atoms. The van der Waals surface area contributed by atoms with Gasteiger partial charge in [0.25, 0.3) is 0 Å². The fourth-order valence-electron chi connectivity index (χ4n) is 2.62. The molecule has 1 aromatic heterocycles. The van der Waals surface area contributed by atoms with E-state index < -0.39 is 20.2 Å². The lowest BCUT2D eigenvalue weighted by Gasteiger charge is -2.38. The molecule has 1 unspecified atom stereocenters. The SMILES string of the molecule is CC(Cn1ncc(-c2ccc(Cl)cc2)c1C(F)(F)F)O[Si](C)(C)C(C)(C)C. The van der Waals surface area contributed by atoms with Gasteiger partial charge in [-0.25, -0.2) is 0 Å². The lowest BCUT2D eigenvalue weighted by Crippen LogP contribution is -2.44. The van der Waals surface area contributed by atoms with Gasteiger partial charge in [0.05, 0.1) is 18.8 Å². The number of hydrogen-bond acceptors (Lipinski definition) is 2. The lowest BCUT2D eigenvalue weighted by atomic mass is 10.1. The molecule has 0 saturated carbocycles. The molecule has 0 N–H and O–H groups in total. The molecule has 0 spiro atoms. The third-order valence-corrected chi connectivity index (χ3v) is 9.85. The fraction of sp³-hybridized carbons (Fsp3) is 0.526. The van der Waals surface area contributed by atoms with E-state index in [0.29, 0.717) is 10.6 Å². The Balaban J connectivity index is 2.34. The first kappa shape index (κ1) is 22.0. The van der Waals surface area contributed by atoms with Crippen LogP contribution in [0.1, 0.15) is 33.4 Å². The van der Waals surface area contributed by atoms with Crippen LogP contribution in [-0.2, 0) is 17.1 Å². The summed E-state index contributed by atoms with van der Waals surface area (Å²) in [7, 11) is -2.09. The van der Waals surface area contributed by atoms with Crippen molar-refractivity contribution in [3.05, 3.63) is 41.2 Å². The topological polar surface area (TPSA) is 27.1 Å². The van der Waals surface area contributed by atoms with Crippen LogP contribution in [0.2, 0.25) is 23.2 Å². The van der Waals surface area contributed by atoms with Gasteiger partial charge in [0, 0.05) is 10.6 Å². The molecule has 1 heterocycles. The molecular formula is C19H26ClF3N2OSi. The van der Waals surface area contributed by atoms with Crippen LogP contribution in [0.25, 0.3) is 11.1 Å². The van der Waals surface area contributed by atoms with Crippen molar-refractivity contribution in [3.8, 4) is 11.1 Å². The number of hydrogen-bond donors (Lipinski definition) is 0. The Morgan fingerprint density at radius 2 is 1.70 bits per heavy atom. The molecule has 0 fully saturated rings. The lowest BCUT2D eigenvalue weighted by molar-refractivity contribution is -0.144. The minimum Gasteiger partial charge on any atom is -0.412 e. The highest BCUT2D eigenvalue weighted by Gasteiger charge is 2.41. The van der Waals surface area contributed by atoms with Crippen molar-refractivity contribution in [3.63, 3.8) is 0 Å². The highest BCUT2D eigenvalue weighted by atomic mass is 35.5. The van der Waals surface area contributed by atoms with Crippen LogP contribution >= 0.6 is 11.6 Å². The van der Waals surface area contributed by atoms with E-state index in [4.69, 9.17) is 16.0 Å². The molecule has 0 amide bonds. The van der Waals surface area contributed by atoms with Crippen molar-refractivity contribution >= 4 is 19.9 Å². The Hall–Kier alpha value is -1.31. The van der Waals surface area contributed by atoms with Crippen molar-refractivity contribution in [2.45, 2.75) is 64.7 Å². The minimum absolute atomic E-state index is 0.0211. The number of aromatic nitrogens is 2. The molecular weight excluding hydrogens is 393 g/mol. The first-order chi connectivity index (χ1) is 12.2. The van der Waals surface area contributed by atoms with E-state index in [2.05, 4.69) is 39.0 Å². The molecule has 0 bridgehead atoms. The third-order valence-electron chi connectivity index (χ3n) is 5.00. The number of nitrogens with zero attached hydrogens (tertiary/aromatic N) is 2. The summed E-state index contributed by atoms with van der Waals surface area (Å²) >= 11 is 5.85. The van der Waals surface area contributed by atoms with Crippen LogP contribution in [0.5, 0.6) is 0 Å². The molecule has 0 aliphatic heterocycles. The quantitative estimate of drug-likeness (QED) is 0.509. The molecule has 0 radical (unpaired) electrons. The van der Waals surface area contributed by atoms with E-state index in [1.807, 2.05) is 0 Å². The van der Waals surface area contributed by atoms with Crippen molar-refractivity contribution in [2.24, 2.45) is 0 Å². The Kier molecular flexibility index (Phi) is 6.19. The number of halogens is 4. The summed E-state index contributed by atoms with van der Waals surface area (Å²) in [6.45, 7) is 12.3. The highest BCUT2D eigenvalue weighted by molar-refractivity contribution is 6.74. The number of alkyl halides is 3. The second kappa shape index (κ2) is 7.60. The second-order valence-electron chi connectivity index (χ2n) is 8.28. The molecule has 150 valence electrons. The summed E-state index contributed by atoms with van der Waals surface area (Å²) in [4.78, 5) is 0. The minimum atomic E-state index is -4.53. The summed E-state index contributed by atoms with van der Waals surface area (Å²) in [6.07, 6.45) is -3.65. The van der Waals surface area contributed by atoms with E-state index in [9.17, 15) is 13.2 Å². The first-order valence-electron chi connectivity index (χ1n) is 8.79. The standard InChI is InChI=1S/C19H26ClF3N2OSi/c1-13(26-27(5,6)18(2,3)4)12-25-17(19(21,22)23)16(11-24-25)14-7-9-15(20)10-8-14/h7-11,13H,12H2,1-6H3. The second-order valence-corrected chi connectivity index (χ2v) is 13.5. The van der Waals surface area contributed by atoms with E-state index in [1.165, 1.54) is 6.20 Å². The van der Waals surface area contributed by atoms with Crippen LogP contribution in [-0.4, -0.2) is 24.2 Å². The van der Waals surface area contributed by atoms with Crippen molar-refractivity contribution < 1.29 is 17.6 Å². The van der Waals surface area contributed by atoms with E-state index in [1.54, 1.807) is 31.2 Å². The van der Waals surface area contributed by atoms with Gasteiger partial charge in [-0.2, -0.15) is 18.3 Å². The smallest absolute Gasteiger partial charge is 0.412 e. The molecule has 0 aliphatic rings. The monoisotopic (exact) mass is 418 g/mol. The third kappa shape index (κ3) is 5.15. The van der Waals surface area contributed by atoms with Crippen LogP contribution in [0.4, 0.5) is 13.2 Å². The normalized spacial score (nSPS) is 14.4. The molecule has 2 aromatic rings. The van der Waals surface area contributed by atoms with Gasteiger partial charge in [-0.3, -0.25) is 4.68 Å². The van der Waals surface area contributed by atoms with Crippen LogP contribution in [0.15, 0.2) is 30.5 Å². The van der Waals surface area contributed by atoms with Gasteiger partial charge in [-0.05, 0) is 42.8 Å². The molecule has 2 rings (SSSR count). The van der Waals surface area contributed by atoms with E-state index in [-0.39, 0.29) is 23.3 Å². The number of benzene rings is 1. The predicted molar refractivity (Wildman–Crippen MR) is 105 cm³/mol. The van der Waals surface area contributed by atoms with Crippen molar-refractivity contribution in [2.75, 3.05) is 0 Å². The fourth-order valence-corrected chi connectivity index (χ4v) is 4.18. The Bertz CT molecular complexity index is 780. The van der Waals surface area contributed by atoms with Crippen LogP contribution in [0.3, 0.4) is 0 Å². The Morgan fingerprint density at radius 3 is 2.19 bits per heavy atom. The molecule has 8 heteroatoms. The molecule has 1 aromatic carbocycles. The molecule has 1 atom stereocenters. The molecule has 0 saturated heterocycles. The summed E-state index contributed by atoms with van der Waals surface area (Å²) in [6, 6.07) is 6.26. The predicted octanol–water partition coefficient (Wildman–Crippen LogP) is 6.63. The first-order valence-corrected chi connectivity index (χ1v) is 12.1. The average Bonchev–Trinajstić information content (AvgIpc) is 2.89. The summed E-state index contributed by atoms with van der Waals surface area (Å²) in [5.74, 6) is 0. The zero-order valence-electron chi connectivity index (χ0n) is 16.5. The maximum absolute atomic E-state index is 13.8. The largest absolute Gasteiger partial charge is 0.433 e. The van der Waals surface area contributed by atoms with Gasteiger partial charge in [0.2, 0.25) is 0 Å². The van der Waals surface area contributed by atoms with E-state index >= 15 is 0 Å². The van der Waals surface area contributed by atoms with Crippen LogP contribution in [0, 0.1) is 0 Å². The van der Waals surface area contributed by atoms with Gasteiger partial charge in [0.15, 0.2) is 8.32 Å². The summed E-state index contributed by atoms with van der Waals surface area (Å²) in [5, 5.41) is 4.46. The van der Waals surface area contributed by atoms with Gasteiger partial charge < -0.3 is 4.43 Å². The van der Waals surface area contributed by atoms with Gasteiger partial charge in [-0.15, -0.1) is 0 Å². The highest BCUT2D eigenvalue weighted by Crippen LogP contribution is 2.39. The van der Waals surface area contributed by atoms with E-state index in [0.717, 1.165) is 4.68 Å². The molecule has 3 nitrogen and oxygen atoms in total. The van der Waals surface area contributed by atoms with Crippen LogP contribution < -0.4 is 0 Å². The summed E-state index contributed by atoms with van der Waals surface area (Å²) in [5.41, 5.74) is -0.301. The average molecular weight is 419 g/mol. The zero-order chi connectivity index (χ0) is 20.6. The zero-order valence-corrected chi connectivity index (χ0v) is 18.2. The maximum atomic E-state index is 13.8. The Labute approximate surface area is 164 Å². The van der Waals surface area contributed by atoms with Gasteiger partial charge in [-0.1, -0.05) is 44.5 Å².